The van der Waals surface area contributed by atoms with E-state index in [2.05, 4.69) is 35.8 Å². The second-order valence-corrected chi connectivity index (χ2v) is 5.31. The number of hydrogen-bond donors (Lipinski definition) is 0. The van der Waals surface area contributed by atoms with Gasteiger partial charge in [-0.1, -0.05) is 29.8 Å². The van der Waals surface area contributed by atoms with E-state index in [0.29, 0.717) is 30.4 Å². The monoisotopic (exact) mass is 311 g/mol. The predicted octanol–water partition coefficient (Wildman–Crippen LogP) is 3.76. The van der Waals surface area contributed by atoms with Crippen LogP contribution in [0.15, 0.2) is 22.7 Å². The summed E-state index contributed by atoms with van der Waals surface area (Å²) in [5, 5.41) is 8.96. The number of hydrogen-bond acceptors (Lipinski definition) is 3. The average Bonchev–Trinajstić information content (AvgIpc) is 2.34. The third kappa shape index (κ3) is 5.52. The first kappa shape index (κ1) is 15.0. The molecule has 1 aromatic rings. The first-order valence-corrected chi connectivity index (χ1v) is 6.83. The molecule has 0 radical (unpaired) electrons. The first-order chi connectivity index (χ1) is 8.63. The Morgan fingerprint density at radius 3 is 2.72 bits per heavy atom. The maximum absolute atomic E-state index is 8.96. The molecule has 0 aliphatic rings. The molecular formula is C14H18BrNO2. The Hall–Kier alpha value is -1.05. The molecule has 3 nitrogen and oxygen atoms in total. The molecule has 0 aromatic heterocycles. The van der Waals surface area contributed by atoms with Gasteiger partial charge in [0.2, 0.25) is 0 Å². The Morgan fingerprint density at radius 1 is 1.28 bits per heavy atom. The predicted molar refractivity (Wildman–Crippen MR) is 74.6 cm³/mol. The summed E-state index contributed by atoms with van der Waals surface area (Å²) in [7, 11) is 0. The third-order valence-electron chi connectivity index (χ3n) is 2.39. The second-order valence-electron chi connectivity index (χ2n) is 4.40. The van der Waals surface area contributed by atoms with E-state index < -0.39 is 0 Å². The van der Waals surface area contributed by atoms with E-state index in [4.69, 9.17) is 14.7 Å². The summed E-state index contributed by atoms with van der Waals surface area (Å²) >= 11 is 3.32. The molecule has 0 saturated carbocycles. The molecule has 1 aromatic carbocycles. The van der Waals surface area contributed by atoms with E-state index in [-0.39, 0.29) is 0 Å². The van der Waals surface area contributed by atoms with Gasteiger partial charge in [-0.3, -0.25) is 0 Å². The highest BCUT2D eigenvalue weighted by Gasteiger charge is 2.03. The Morgan fingerprint density at radius 2 is 2.06 bits per heavy atom. The van der Waals surface area contributed by atoms with E-state index in [1.165, 1.54) is 0 Å². The van der Waals surface area contributed by atoms with Crippen molar-refractivity contribution in [3.63, 3.8) is 0 Å². The van der Waals surface area contributed by atoms with Crippen molar-refractivity contribution in [1.29, 1.82) is 5.26 Å². The quantitative estimate of drug-likeness (QED) is 0.720. The van der Waals surface area contributed by atoms with Crippen molar-refractivity contribution in [2.24, 2.45) is 5.92 Å². The van der Waals surface area contributed by atoms with Crippen molar-refractivity contribution in [3.05, 3.63) is 28.2 Å². The lowest BCUT2D eigenvalue weighted by Crippen LogP contribution is -2.09. The average molecular weight is 312 g/mol. The summed E-state index contributed by atoms with van der Waals surface area (Å²) in [6, 6.07) is 7.50. The highest BCUT2D eigenvalue weighted by molar-refractivity contribution is 9.10. The standard InChI is InChI=1S/C14H18BrNO2/c1-11(2)5-6-17-7-8-18-14-4-3-13(15)9-12(14)10-16/h3-4,9,11H,5-8H2,1-2H3. The molecule has 0 aliphatic carbocycles. The van der Waals surface area contributed by atoms with Crippen LogP contribution in [0.5, 0.6) is 5.75 Å². The molecule has 0 aliphatic heterocycles. The highest BCUT2D eigenvalue weighted by Crippen LogP contribution is 2.22. The van der Waals surface area contributed by atoms with Gasteiger partial charge in [0.05, 0.1) is 12.2 Å². The minimum Gasteiger partial charge on any atom is -0.490 e. The van der Waals surface area contributed by atoms with Gasteiger partial charge in [0.15, 0.2) is 0 Å². The maximum Gasteiger partial charge on any atom is 0.137 e. The summed E-state index contributed by atoms with van der Waals surface area (Å²) in [5.41, 5.74) is 0.534. The summed E-state index contributed by atoms with van der Waals surface area (Å²) in [5.74, 6) is 1.26. The topological polar surface area (TPSA) is 42.2 Å². The summed E-state index contributed by atoms with van der Waals surface area (Å²) in [6.45, 7) is 6.11. The molecule has 0 atom stereocenters. The highest BCUT2D eigenvalue weighted by atomic mass is 79.9. The van der Waals surface area contributed by atoms with Crippen molar-refractivity contribution >= 4 is 15.9 Å². The number of nitrogens with zero attached hydrogens (tertiary/aromatic N) is 1. The molecule has 18 heavy (non-hydrogen) atoms. The van der Waals surface area contributed by atoms with E-state index in [0.717, 1.165) is 17.5 Å². The van der Waals surface area contributed by atoms with Gasteiger partial charge in [0.25, 0.3) is 0 Å². The van der Waals surface area contributed by atoms with Crippen LogP contribution in [0, 0.1) is 17.2 Å². The first-order valence-electron chi connectivity index (χ1n) is 6.03. The molecule has 0 N–H and O–H groups in total. The summed E-state index contributed by atoms with van der Waals surface area (Å²) < 4.78 is 11.8. The lowest BCUT2D eigenvalue weighted by molar-refractivity contribution is 0.0925. The van der Waals surface area contributed by atoms with Gasteiger partial charge in [-0.05, 0) is 30.5 Å². The fourth-order valence-electron chi connectivity index (χ4n) is 1.35. The zero-order chi connectivity index (χ0) is 13.4. The van der Waals surface area contributed by atoms with Gasteiger partial charge in [0.1, 0.15) is 18.4 Å². The molecule has 0 unspecified atom stereocenters. The molecule has 4 heteroatoms. The molecule has 0 heterocycles. The van der Waals surface area contributed by atoms with Gasteiger partial charge >= 0.3 is 0 Å². The zero-order valence-electron chi connectivity index (χ0n) is 10.8. The van der Waals surface area contributed by atoms with Crippen LogP contribution in [0.2, 0.25) is 0 Å². The maximum atomic E-state index is 8.96. The van der Waals surface area contributed by atoms with E-state index in [9.17, 15) is 0 Å². The van der Waals surface area contributed by atoms with Gasteiger partial charge in [-0.25, -0.2) is 0 Å². The fraction of sp³-hybridized carbons (Fsp3) is 0.500. The van der Waals surface area contributed by atoms with Crippen molar-refractivity contribution in [3.8, 4) is 11.8 Å². The van der Waals surface area contributed by atoms with Crippen LogP contribution in [0.4, 0.5) is 0 Å². The van der Waals surface area contributed by atoms with Crippen LogP contribution in [-0.4, -0.2) is 19.8 Å². The Kier molecular flexibility index (Phi) is 6.77. The van der Waals surface area contributed by atoms with Gasteiger partial charge < -0.3 is 9.47 Å². The van der Waals surface area contributed by atoms with Crippen LogP contribution in [0.1, 0.15) is 25.8 Å². The van der Waals surface area contributed by atoms with Crippen molar-refractivity contribution in [2.75, 3.05) is 19.8 Å². The zero-order valence-corrected chi connectivity index (χ0v) is 12.4. The molecule has 98 valence electrons. The lowest BCUT2D eigenvalue weighted by atomic mass is 10.1. The van der Waals surface area contributed by atoms with E-state index in [1.807, 2.05) is 6.07 Å². The number of rotatable bonds is 7. The van der Waals surface area contributed by atoms with Crippen LogP contribution in [-0.2, 0) is 4.74 Å². The minimum atomic E-state index is 0.467. The lowest BCUT2D eigenvalue weighted by Gasteiger charge is -2.09. The SMILES string of the molecule is CC(C)CCOCCOc1ccc(Br)cc1C#N. The smallest absolute Gasteiger partial charge is 0.137 e. The molecule has 0 bridgehead atoms. The Labute approximate surface area is 117 Å². The van der Waals surface area contributed by atoms with Crippen LogP contribution < -0.4 is 4.74 Å². The van der Waals surface area contributed by atoms with E-state index in [1.54, 1.807) is 12.1 Å². The number of nitriles is 1. The largest absolute Gasteiger partial charge is 0.490 e. The molecular weight excluding hydrogens is 294 g/mol. The number of halogens is 1. The molecule has 0 saturated heterocycles. The molecule has 0 fully saturated rings. The van der Waals surface area contributed by atoms with Crippen LogP contribution in [0.3, 0.4) is 0 Å². The molecule has 0 amide bonds. The Balaban J connectivity index is 2.29. The van der Waals surface area contributed by atoms with Crippen molar-refractivity contribution < 1.29 is 9.47 Å². The van der Waals surface area contributed by atoms with Gasteiger partial charge in [-0.2, -0.15) is 5.26 Å². The van der Waals surface area contributed by atoms with E-state index >= 15 is 0 Å². The normalized spacial score (nSPS) is 10.4. The van der Waals surface area contributed by atoms with Crippen molar-refractivity contribution in [1.82, 2.24) is 0 Å². The molecule has 1 rings (SSSR count). The van der Waals surface area contributed by atoms with Gasteiger partial charge in [0, 0.05) is 11.1 Å². The van der Waals surface area contributed by atoms with Gasteiger partial charge in [-0.15, -0.1) is 0 Å². The second kappa shape index (κ2) is 8.12. The third-order valence-corrected chi connectivity index (χ3v) is 2.88. The molecule has 0 spiro atoms. The number of ether oxygens (including phenoxy) is 2. The van der Waals surface area contributed by atoms with Crippen molar-refractivity contribution in [2.45, 2.75) is 20.3 Å². The minimum absolute atomic E-state index is 0.467. The van der Waals surface area contributed by atoms with Crippen LogP contribution in [0.25, 0.3) is 0 Å². The summed E-state index contributed by atoms with van der Waals surface area (Å²) in [6.07, 6.45) is 1.06. The van der Waals surface area contributed by atoms with Crippen LogP contribution >= 0.6 is 15.9 Å². The summed E-state index contributed by atoms with van der Waals surface area (Å²) in [4.78, 5) is 0. The number of benzene rings is 1. The fourth-order valence-corrected chi connectivity index (χ4v) is 1.71. The Bertz CT molecular complexity index is 413.